The average molecular weight is 259 g/mol. The maximum atomic E-state index is 10.8. The third-order valence-electron chi connectivity index (χ3n) is 2.66. The molecule has 0 bridgehead atoms. The molecule has 76 valence electrons. The first-order valence-corrected chi connectivity index (χ1v) is 5.37. The minimum absolute atomic E-state index is 0.234. The highest BCUT2D eigenvalue weighted by Gasteiger charge is 2.31. The van der Waals surface area contributed by atoms with Gasteiger partial charge in [0, 0.05) is 0 Å². The Labute approximate surface area is 90.0 Å². The molecule has 1 heterocycles. The lowest BCUT2D eigenvalue weighted by Crippen LogP contribution is -2.09. The van der Waals surface area contributed by atoms with Crippen LogP contribution in [0.2, 0.25) is 0 Å². The van der Waals surface area contributed by atoms with E-state index in [2.05, 4.69) is 28.0 Å². The molecule has 0 amide bonds. The molecule has 1 fully saturated rings. The van der Waals surface area contributed by atoms with Crippen LogP contribution in [0.15, 0.2) is 10.8 Å². The van der Waals surface area contributed by atoms with Crippen molar-refractivity contribution in [2.75, 3.05) is 0 Å². The van der Waals surface area contributed by atoms with Gasteiger partial charge in [0.25, 0.3) is 0 Å². The van der Waals surface area contributed by atoms with Crippen LogP contribution in [0.4, 0.5) is 0 Å². The number of halogens is 1. The van der Waals surface area contributed by atoms with Gasteiger partial charge in [0.05, 0.1) is 12.2 Å². The summed E-state index contributed by atoms with van der Waals surface area (Å²) in [6.07, 6.45) is 3.83. The molecule has 1 unspecified atom stereocenters. The van der Waals surface area contributed by atoms with Gasteiger partial charge in [-0.1, -0.05) is 0 Å². The van der Waals surface area contributed by atoms with Gasteiger partial charge in [-0.05, 0) is 41.6 Å². The largest absolute Gasteiger partial charge is 0.478 e. The number of aromatic carboxylic acids is 1. The Morgan fingerprint density at radius 2 is 2.43 bits per heavy atom. The molecule has 1 aromatic heterocycles. The summed E-state index contributed by atoms with van der Waals surface area (Å²) in [4.78, 5) is 10.8. The van der Waals surface area contributed by atoms with Crippen LogP contribution >= 0.6 is 15.9 Å². The quantitative estimate of drug-likeness (QED) is 0.906. The van der Waals surface area contributed by atoms with Gasteiger partial charge in [-0.15, -0.1) is 0 Å². The van der Waals surface area contributed by atoms with Crippen molar-refractivity contribution in [1.82, 2.24) is 9.78 Å². The van der Waals surface area contributed by atoms with Crippen molar-refractivity contribution in [2.24, 2.45) is 5.92 Å². The molecule has 0 radical (unpaired) electrons. The second-order valence-electron chi connectivity index (χ2n) is 3.68. The first-order chi connectivity index (χ1) is 6.61. The van der Waals surface area contributed by atoms with Crippen molar-refractivity contribution in [3.05, 3.63) is 16.4 Å². The number of hydrogen-bond acceptors (Lipinski definition) is 2. The molecule has 1 saturated carbocycles. The zero-order valence-electron chi connectivity index (χ0n) is 7.77. The van der Waals surface area contributed by atoms with Crippen LogP contribution in [-0.4, -0.2) is 20.9 Å². The van der Waals surface area contributed by atoms with Gasteiger partial charge in [0.1, 0.15) is 10.2 Å². The van der Waals surface area contributed by atoms with Gasteiger partial charge in [-0.2, -0.15) is 5.10 Å². The Morgan fingerprint density at radius 3 is 2.86 bits per heavy atom. The maximum Gasteiger partial charge on any atom is 0.340 e. The monoisotopic (exact) mass is 258 g/mol. The molecule has 0 aromatic carbocycles. The van der Waals surface area contributed by atoms with E-state index >= 15 is 0 Å². The summed E-state index contributed by atoms with van der Waals surface area (Å²) in [6.45, 7) is 2.07. The minimum Gasteiger partial charge on any atom is -0.478 e. The number of rotatable bonds is 3. The summed E-state index contributed by atoms with van der Waals surface area (Å²) >= 11 is 3.27. The summed E-state index contributed by atoms with van der Waals surface area (Å²) in [6, 6.07) is 0.289. The molecule has 0 aliphatic heterocycles. The standard InChI is InChI=1S/C9H11BrN2O2/c1-5(6-2-3-6)12-8(10)7(4-11-12)9(13)14/h4-6H,2-3H2,1H3,(H,13,14). The predicted molar refractivity (Wildman–Crippen MR) is 54.3 cm³/mol. The summed E-state index contributed by atoms with van der Waals surface area (Å²) in [7, 11) is 0. The second-order valence-corrected chi connectivity index (χ2v) is 4.43. The van der Waals surface area contributed by atoms with Crippen molar-refractivity contribution in [1.29, 1.82) is 0 Å². The third kappa shape index (κ3) is 1.56. The first-order valence-electron chi connectivity index (χ1n) is 4.57. The topological polar surface area (TPSA) is 55.1 Å². The lowest BCUT2D eigenvalue weighted by Gasteiger charge is -2.11. The molecular weight excluding hydrogens is 248 g/mol. The van der Waals surface area contributed by atoms with Crippen molar-refractivity contribution >= 4 is 21.9 Å². The van der Waals surface area contributed by atoms with Gasteiger partial charge in [0.2, 0.25) is 0 Å². The lowest BCUT2D eigenvalue weighted by atomic mass is 10.2. The van der Waals surface area contributed by atoms with E-state index in [1.807, 2.05) is 0 Å². The Kier molecular flexibility index (Phi) is 2.34. The van der Waals surface area contributed by atoms with Crippen LogP contribution in [0.1, 0.15) is 36.2 Å². The molecule has 1 N–H and O–H groups in total. The van der Waals surface area contributed by atoms with Crippen molar-refractivity contribution in [3.63, 3.8) is 0 Å². The van der Waals surface area contributed by atoms with Gasteiger partial charge < -0.3 is 5.11 Å². The molecule has 0 saturated heterocycles. The SMILES string of the molecule is CC(C1CC1)n1ncc(C(=O)O)c1Br. The van der Waals surface area contributed by atoms with Gasteiger partial charge in [-0.25, -0.2) is 4.79 Å². The Hall–Kier alpha value is -0.840. The minimum atomic E-state index is -0.939. The number of carboxylic acids is 1. The van der Waals surface area contributed by atoms with Crippen LogP contribution in [0.25, 0.3) is 0 Å². The molecule has 1 aliphatic rings. The zero-order valence-corrected chi connectivity index (χ0v) is 9.36. The summed E-state index contributed by atoms with van der Waals surface area (Å²) in [5.41, 5.74) is 0.234. The van der Waals surface area contributed by atoms with E-state index in [-0.39, 0.29) is 11.6 Å². The molecule has 14 heavy (non-hydrogen) atoms. The highest BCUT2D eigenvalue weighted by atomic mass is 79.9. The van der Waals surface area contributed by atoms with Crippen LogP contribution in [0.3, 0.4) is 0 Å². The van der Waals surface area contributed by atoms with Crippen LogP contribution in [-0.2, 0) is 0 Å². The number of carboxylic acid groups (broad SMARTS) is 1. The number of aromatic nitrogens is 2. The molecule has 2 rings (SSSR count). The van der Waals surface area contributed by atoms with E-state index in [4.69, 9.17) is 5.11 Å². The molecule has 0 spiro atoms. The average Bonchev–Trinajstić information content (AvgIpc) is 2.88. The first kappa shape index (κ1) is 9.71. The molecule has 5 heteroatoms. The van der Waals surface area contributed by atoms with Crippen molar-refractivity contribution in [2.45, 2.75) is 25.8 Å². The Balaban J connectivity index is 2.30. The Morgan fingerprint density at radius 1 is 1.79 bits per heavy atom. The predicted octanol–water partition coefficient (Wildman–Crippen LogP) is 2.31. The van der Waals surface area contributed by atoms with Gasteiger partial charge >= 0.3 is 5.97 Å². The van der Waals surface area contributed by atoms with E-state index in [0.717, 1.165) is 0 Å². The van der Waals surface area contributed by atoms with E-state index in [1.54, 1.807) is 4.68 Å². The van der Waals surface area contributed by atoms with Gasteiger partial charge in [0.15, 0.2) is 0 Å². The maximum absolute atomic E-state index is 10.8. The fraction of sp³-hybridized carbons (Fsp3) is 0.556. The fourth-order valence-electron chi connectivity index (χ4n) is 1.55. The molecule has 1 aromatic rings. The summed E-state index contributed by atoms with van der Waals surface area (Å²) in [5, 5.41) is 12.9. The molecule has 1 atom stereocenters. The highest BCUT2D eigenvalue weighted by Crippen LogP contribution is 2.40. The summed E-state index contributed by atoms with van der Waals surface area (Å²) in [5.74, 6) is -0.279. The van der Waals surface area contributed by atoms with Crippen LogP contribution < -0.4 is 0 Å². The molecule has 1 aliphatic carbocycles. The van der Waals surface area contributed by atoms with E-state index in [1.165, 1.54) is 19.0 Å². The Bertz CT molecular complexity index is 371. The second kappa shape index (κ2) is 3.38. The smallest absolute Gasteiger partial charge is 0.340 e. The number of hydrogen-bond donors (Lipinski definition) is 1. The van der Waals surface area contributed by atoms with E-state index < -0.39 is 5.97 Å². The van der Waals surface area contributed by atoms with Crippen molar-refractivity contribution < 1.29 is 9.90 Å². The normalized spacial score (nSPS) is 18.1. The third-order valence-corrected chi connectivity index (χ3v) is 3.45. The van der Waals surface area contributed by atoms with Crippen molar-refractivity contribution in [3.8, 4) is 0 Å². The van der Waals surface area contributed by atoms with Crippen LogP contribution in [0.5, 0.6) is 0 Å². The molecular formula is C9H11BrN2O2. The highest BCUT2D eigenvalue weighted by molar-refractivity contribution is 9.10. The number of nitrogens with zero attached hydrogens (tertiary/aromatic N) is 2. The van der Waals surface area contributed by atoms with Crippen LogP contribution in [0, 0.1) is 5.92 Å². The lowest BCUT2D eigenvalue weighted by molar-refractivity contribution is 0.0695. The number of carbonyl (C=O) groups is 1. The van der Waals surface area contributed by atoms with E-state index in [0.29, 0.717) is 10.5 Å². The van der Waals surface area contributed by atoms with E-state index in [9.17, 15) is 4.79 Å². The fourth-order valence-corrected chi connectivity index (χ4v) is 2.24. The van der Waals surface area contributed by atoms with Gasteiger partial charge in [-0.3, -0.25) is 4.68 Å². The molecule has 4 nitrogen and oxygen atoms in total. The zero-order chi connectivity index (χ0) is 10.3. The summed E-state index contributed by atoms with van der Waals surface area (Å²) < 4.78 is 2.32.